The number of nitro groups is 1. The molecule has 2 N–H and O–H groups in total. The Morgan fingerprint density at radius 1 is 1.47 bits per heavy atom. The predicted molar refractivity (Wildman–Crippen MR) is 73.3 cm³/mol. The Labute approximate surface area is 112 Å². The molecule has 7 heteroatoms. The van der Waals surface area contributed by atoms with E-state index < -0.39 is 4.92 Å². The van der Waals surface area contributed by atoms with Gasteiger partial charge in [0.25, 0.3) is 0 Å². The molecule has 1 aliphatic rings. The largest absolute Gasteiger partial charge is 0.361 e. The summed E-state index contributed by atoms with van der Waals surface area (Å²) in [5.74, 6) is 1.34. The first kappa shape index (κ1) is 13.5. The van der Waals surface area contributed by atoms with Crippen molar-refractivity contribution in [2.75, 3.05) is 17.7 Å². The maximum atomic E-state index is 11.0. The molecule has 1 heterocycles. The van der Waals surface area contributed by atoms with Gasteiger partial charge in [-0.1, -0.05) is 19.8 Å². The van der Waals surface area contributed by atoms with E-state index in [4.69, 9.17) is 0 Å². The van der Waals surface area contributed by atoms with Gasteiger partial charge in [-0.05, 0) is 18.8 Å². The SMILES string of the molecule is CNc1ncc([N+](=O)[O-])c(NC2CCCC(C)C2)n1. The van der Waals surface area contributed by atoms with Crippen LogP contribution in [0.3, 0.4) is 0 Å². The molecule has 2 rings (SSSR count). The number of nitrogens with one attached hydrogen (secondary N) is 2. The lowest BCUT2D eigenvalue weighted by molar-refractivity contribution is -0.384. The molecule has 1 saturated carbocycles. The van der Waals surface area contributed by atoms with E-state index in [1.807, 2.05) is 0 Å². The van der Waals surface area contributed by atoms with E-state index >= 15 is 0 Å². The molecule has 0 aromatic carbocycles. The summed E-state index contributed by atoms with van der Waals surface area (Å²) in [7, 11) is 1.69. The van der Waals surface area contributed by atoms with E-state index in [0.29, 0.717) is 17.7 Å². The molecule has 2 unspecified atom stereocenters. The Hall–Kier alpha value is -1.92. The van der Waals surface area contributed by atoms with Gasteiger partial charge in [-0.3, -0.25) is 10.1 Å². The lowest BCUT2D eigenvalue weighted by atomic mass is 9.87. The third-order valence-corrected chi connectivity index (χ3v) is 3.47. The van der Waals surface area contributed by atoms with Gasteiger partial charge in [0.05, 0.1) is 4.92 Å². The third kappa shape index (κ3) is 3.30. The summed E-state index contributed by atoms with van der Waals surface area (Å²) in [6, 6.07) is 0.252. The van der Waals surface area contributed by atoms with Crippen LogP contribution in [0, 0.1) is 16.0 Å². The highest BCUT2D eigenvalue weighted by Gasteiger charge is 2.23. The first-order valence-corrected chi connectivity index (χ1v) is 6.56. The number of anilines is 2. The van der Waals surface area contributed by atoms with Crippen molar-refractivity contribution in [3.63, 3.8) is 0 Å². The summed E-state index contributed by atoms with van der Waals surface area (Å²) >= 11 is 0. The fraction of sp³-hybridized carbons (Fsp3) is 0.667. The molecule has 0 aliphatic heterocycles. The molecular formula is C12H19N5O2. The van der Waals surface area contributed by atoms with Crippen LogP contribution in [0.5, 0.6) is 0 Å². The second kappa shape index (κ2) is 5.81. The Morgan fingerprint density at radius 2 is 2.26 bits per heavy atom. The first-order chi connectivity index (χ1) is 9.10. The van der Waals surface area contributed by atoms with E-state index in [0.717, 1.165) is 19.3 Å². The average molecular weight is 265 g/mol. The molecular weight excluding hydrogens is 246 g/mol. The smallest absolute Gasteiger partial charge is 0.329 e. The molecule has 0 radical (unpaired) electrons. The summed E-state index contributed by atoms with van der Waals surface area (Å²) in [6.07, 6.45) is 5.67. The summed E-state index contributed by atoms with van der Waals surface area (Å²) in [4.78, 5) is 18.6. The standard InChI is InChI=1S/C12H19N5O2/c1-8-4-3-5-9(6-8)15-11-10(17(18)19)7-14-12(13-2)16-11/h7-9H,3-6H2,1-2H3,(H2,13,14,15,16). The zero-order valence-corrected chi connectivity index (χ0v) is 11.2. The van der Waals surface area contributed by atoms with Gasteiger partial charge in [0.15, 0.2) is 0 Å². The Kier molecular flexibility index (Phi) is 4.13. The third-order valence-electron chi connectivity index (χ3n) is 3.47. The van der Waals surface area contributed by atoms with Crippen molar-refractivity contribution in [1.82, 2.24) is 9.97 Å². The zero-order chi connectivity index (χ0) is 13.8. The minimum Gasteiger partial charge on any atom is -0.361 e. The van der Waals surface area contributed by atoms with Crippen LogP contribution >= 0.6 is 0 Å². The lowest BCUT2D eigenvalue weighted by Gasteiger charge is -2.27. The van der Waals surface area contributed by atoms with E-state index in [1.165, 1.54) is 12.6 Å². The molecule has 0 spiro atoms. The number of rotatable bonds is 4. The van der Waals surface area contributed by atoms with Gasteiger partial charge in [0.2, 0.25) is 11.8 Å². The van der Waals surface area contributed by atoms with Crippen molar-refractivity contribution >= 4 is 17.5 Å². The lowest BCUT2D eigenvalue weighted by Crippen LogP contribution is -2.27. The molecule has 0 bridgehead atoms. The van der Waals surface area contributed by atoms with Crippen LogP contribution in [-0.2, 0) is 0 Å². The molecule has 0 saturated heterocycles. The predicted octanol–water partition coefficient (Wildman–Crippen LogP) is 2.42. The van der Waals surface area contributed by atoms with Gasteiger partial charge < -0.3 is 10.6 Å². The van der Waals surface area contributed by atoms with Gasteiger partial charge in [-0.15, -0.1) is 0 Å². The van der Waals surface area contributed by atoms with Crippen molar-refractivity contribution in [2.45, 2.75) is 38.6 Å². The van der Waals surface area contributed by atoms with E-state index in [9.17, 15) is 10.1 Å². The van der Waals surface area contributed by atoms with Gasteiger partial charge in [0, 0.05) is 13.1 Å². The quantitative estimate of drug-likeness (QED) is 0.641. The molecule has 7 nitrogen and oxygen atoms in total. The normalized spacial score (nSPS) is 22.8. The van der Waals surface area contributed by atoms with Gasteiger partial charge in [0.1, 0.15) is 6.20 Å². The van der Waals surface area contributed by atoms with Crippen molar-refractivity contribution in [3.05, 3.63) is 16.3 Å². The van der Waals surface area contributed by atoms with Crippen molar-refractivity contribution in [3.8, 4) is 0 Å². The number of nitrogens with zero attached hydrogens (tertiary/aromatic N) is 3. The maximum Gasteiger partial charge on any atom is 0.329 e. The maximum absolute atomic E-state index is 11.0. The van der Waals surface area contributed by atoms with Crippen LogP contribution < -0.4 is 10.6 Å². The number of hydrogen-bond acceptors (Lipinski definition) is 6. The van der Waals surface area contributed by atoms with Crippen LogP contribution in [0.4, 0.5) is 17.5 Å². The minimum absolute atomic E-state index is 0.0720. The first-order valence-electron chi connectivity index (χ1n) is 6.56. The number of aromatic nitrogens is 2. The van der Waals surface area contributed by atoms with Crippen molar-refractivity contribution < 1.29 is 4.92 Å². The Balaban J connectivity index is 2.19. The highest BCUT2D eigenvalue weighted by molar-refractivity contribution is 5.57. The van der Waals surface area contributed by atoms with Gasteiger partial charge in [-0.2, -0.15) is 4.98 Å². The molecule has 104 valence electrons. The molecule has 19 heavy (non-hydrogen) atoms. The van der Waals surface area contributed by atoms with E-state index in [2.05, 4.69) is 27.5 Å². The van der Waals surface area contributed by atoms with E-state index in [-0.39, 0.29) is 11.7 Å². The fourth-order valence-electron chi connectivity index (χ4n) is 2.49. The van der Waals surface area contributed by atoms with Gasteiger partial charge >= 0.3 is 5.69 Å². The Morgan fingerprint density at radius 3 is 2.89 bits per heavy atom. The topological polar surface area (TPSA) is 93.0 Å². The summed E-state index contributed by atoms with van der Waals surface area (Å²) in [5.41, 5.74) is -0.0720. The molecule has 0 amide bonds. The van der Waals surface area contributed by atoms with Crippen LogP contribution in [0.25, 0.3) is 0 Å². The fourth-order valence-corrected chi connectivity index (χ4v) is 2.49. The summed E-state index contributed by atoms with van der Waals surface area (Å²) < 4.78 is 0. The van der Waals surface area contributed by atoms with Crippen LogP contribution in [0.1, 0.15) is 32.6 Å². The monoisotopic (exact) mass is 265 g/mol. The highest BCUT2D eigenvalue weighted by atomic mass is 16.6. The zero-order valence-electron chi connectivity index (χ0n) is 11.2. The highest BCUT2D eigenvalue weighted by Crippen LogP contribution is 2.29. The molecule has 1 fully saturated rings. The summed E-state index contributed by atoms with van der Waals surface area (Å²) in [5, 5.41) is 17.0. The molecule has 1 aliphatic carbocycles. The second-order valence-corrected chi connectivity index (χ2v) is 5.05. The van der Waals surface area contributed by atoms with Crippen LogP contribution in [-0.4, -0.2) is 28.0 Å². The van der Waals surface area contributed by atoms with Crippen molar-refractivity contribution in [2.24, 2.45) is 5.92 Å². The van der Waals surface area contributed by atoms with Crippen LogP contribution in [0.15, 0.2) is 6.20 Å². The number of hydrogen-bond donors (Lipinski definition) is 2. The molecule has 1 aromatic heterocycles. The average Bonchev–Trinajstić information content (AvgIpc) is 2.38. The molecule has 1 aromatic rings. The molecule has 2 atom stereocenters. The van der Waals surface area contributed by atoms with E-state index in [1.54, 1.807) is 7.05 Å². The minimum atomic E-state index is -0.450. The second-order valence-electron chi connectivity index (χ2n) is 5.05. The van der Waals surface area contributed by atoms with Crippen molar-refractivity contribution in [1.29, 1.82) is 0 Å². The van der Waals surface area contributed by atoms with Crippen LogP contribution in [0.2, 0.25) is 0 Å². The van der Waals surface area contributed by atoms with Gasteiger partial charge in [-0.25, -0.2) is 4.98 Å². The summed E-state index contributed by atoms with van der Waals surface area (Å²) in [6.45, 7) is 2.21. The Bertz CT molecular complexity index is 465.